The minimum Gasteiger partial charge on any atom is -0.455 e. The van der Waals surface area contributed by atoms with Gasteiger partial charge in [-0.1, -0.05) is 38.8 Å². The number of carbonyl (C=O) groups is 3. The van der Waals surface area contributed by atoms with E-state index in [1.165, 1.54) is 18.6 Å². The number of rotatable bonds is 6. The van der Waals surface area contributed by atoms with E-state index in [9.17, 15) is 18.8 Å². The fraction of sp³-hybridized carbons (Fsp3) is 0.591. The molecule has 0 unspecified atom stereocenters. The predicted molar refractivity (Wildman–Crippen MR) is 105 cm³/mol. The van der Waals surface area contributed by atoms with Crippen LogP contribution >= 0.6 is 0 Å². The highest BCUT2D eigenvalue weighted by molar-refractivity contribution is 5.88. The van der Waals surface area contributed by atoms with Gasteiger partial charge in [0.15, 0.2) is 6.61 Å². The number of nitrogens with one attached hydrogen (secondary N) is 1. The SMILES string of the molecule is C[C@@H]1[C@@H](C)CCC[C@@H]1N1C[C@H](C(=O)OCC(=O)NCc2ccc(F)cc2)CC1=O. The Labute approximate surface area is 170 Å². The summed E-state index contributed by atoms with van der Waals surface area (Å²) in [4.78, 5) is 38.6. The standard InChI is InChI=1S/C22H29FN2O4/c1-14-4-3-5-19(15(14)2)25-12-17(10-21(25)27)22(28)29-13-20(26)24-11-16-6-8-18(23)9-7-16/h6-9,14-15,17,19H,3-5,10-13H2,1-2H3,(H,24,26)/t14-,15+,17+,19-/m0/s1. The molecule has 0 bridgehead atoms. The van der Waals surface area contributed by atoms with Crippen molar-refractivity contribution >= 4 is 17.8 Å². The highest BCUT2D eigenvalue weighted by atomic mass is 19.1. The lowest BCUT2D eigenvalue weighted by atomic mass is 9.77. The van der Waals surface area contributed by atoms with Crippen LogP contribution in [0.2, 0.25) is 0 Å². The number of nitrogens with zero attached hydrogens (tertiary/aromatic N) is 1. The van der Waals surface area contributed by atoms with Gasteiger partial charge in [0, 0.05) is 25.6 Å². The Morgan fingerprint density at radius 3 is 2.66 bits per heavy atom. The van der Waals surface area contributed by atoms with Gasteiger partial charge in [0.2, 0.25) is 5.91 Å². The third kappa shape index (κ3) is 5.34. The second-order valence-electron chi connectivity index (χ2n) is 8.29. The van der Waals surface area contributed by atoms with Gasteiger partial charge in [-0.2, -0.15) is 0 Å². The van der Waals surface area contributed by atoms with E-state index >= 15 is 0 Å². The van der Waals surface area contributed by atoms with Crippen LogP contribution in [0.5, 0.6) is 0 Å². The summed E-state index contributed by atoms with van der Waals surface area (Å²) in [7, 11) is 0. The molecule has 4 atom stereocenters. The molecule has 0 aromatic heterocycles. The fourth-order valence-electron chi connectivity index (χ4n) is 4.31. The molecule has 1 aliphatic carbocycles. The summed E-state index contributed by atoms with van der Waals surface area (Å²) >= 11 is 0. The average molecular weight is 404 g/mol. The lowest BCUT2D eigenvalue weighted by Crippen LogP contribution is -2.45. The first-order valence-electron chi connectivity index (χ1n) is 10.3. The van der Waals surface area contributed by atoms with E-state index in [1.807, 2.05) is 4.90 Å². The van der Waals surface area contributed by atoms with Crippen LogP contribution in [0.15, 0.2) is 24.3 Å². The van der Waals surface area contributed by atoms with Crippen molar-refractivity contribution < 1.29 is 23.5 Å². The quantitative estimate of drug-likeness (QED) is 0.740. The first kappa shape index (κ1) is 21.3. The van der Waals surface area contributed by atoms with Gasteiger partial charge in [-0.15, -0.1) is 0 Å². The van der Waals surface area contributed by atoms with Crippen molar-refractivity contribution in [3.8, 4) is 0 Å². The Kier molecular flexibility index (Phi) is 6.87. The lowest BCUT2D eigenvalue weighted by molar-refractivity contribution is -0.152. The zero-order valence-corrected chi connectivity index (χ0v) is 17.0. The maximum atomic E-state index is 12.9. The highest BCUT2D eigenvalue weighted by Gasteiger charge is 2.42. The molecule has 1 heterocycles. The minimum atomic E-state index is -0.517. The number of hydrogen-bond acceptors (Lipinski definition) is 4. The zero-order valence-electron chi connectivity index (χ0n) is 17.0. The molecule has 158 valence electrons. The van der Waals surface area contributed by atoms with Crippen molar-refractivity contribution in [2.45, 2.75) is 52.1 Å². The molecule has 0 radical (unpaired) electrons. The van der Waals surface area contributed by atoms with Gasteiger partial charge in [-0.05, 0) is 36.0 Å². The highest BCUT2D eigenvalue weighted by Crippen LogP contribution is 2.35. The predicted octanol–water partition coefficient (Wildman–Crippen LogP) is 2.66. The molecule has 7 heteroatoms. The van der Waals surface area contributed by atoms with Crippen LogP contribution in [0.3, 0.4) is 0 Å². The van der Waals surface area contributed by atoms with Gasteiger partial charge in [0.25, 0.3) is 5.91 Å². The van der Waals surface area contributed by atoms with Crippen molar-refractivity contribution in [3.05, 3.63) is 35.6 Å². The van der Waals surface area contributed by atoms with Crippen LogP contribution in [0.1, 0.15) is 45.1 Å². The summed E-state index contributed by atoms with van der Waals surface area (Å²) in [6, 6.07) is 5.97. The molecule has 1 N–H and O–H groups in total. The van der Waals surface area contributed by atoms with E-state index in [4.69, 9.17) is 4.74 Å². The molecule has 1 aliphatic heterocycles. The molecule has 1 aromatic carbocycles. The van der Waals surface area contributed by atoms with Gasteiger partial charge in [-0.3, -0.25) is 14.4 Å². The molecule has 2 amide bonds. The van der Waals surface area contributed by atoms with Gasteiger partial charge in [-0.25, -0.2) is 4.39 Å². The molecule has 3 rings (SSSR count). The number of esters is 1. The normalized spacial score (nSPS) is 27.0. The molecule has 2 fully saturated rings. The van der Waals surface area contributed by atoms with Crippen LogP contribution < -0.4 is 5.32 Å². The monoisotopic (exact) mass is 404 g/mol. The van der Waals surface area contributed by atoms with Crippen LogP contribution in [0.25, 0.3) is 0 Å². The van der Waals surface area contributed by atoms with Gasteiger partial charge in [0.1, 0.15) is 5.82 Å². The minimum absolute atomic E-state index is 0.00124. The molecule has 1 aromatic rings. The number of likely N-dealkylation sites (tertiary alicyclic amines) is 1. The topological polar surface area (TPSA) is 75.7 Å². The summed E-state index contributed by atoms with van der Waals surface area (Å²) in [5.74, 6) is -0.813. The van der Waals surface area contributed by atoms with E-state index in [0.717, 1.165) is 18.4 Å². The second kappa shape index (κ2) is 9.37. The Hall–Kier alpha value is -2.44. The number of ether oxygens (including phenoxy) is 1. The van der Waals surface area contributed by atoms with Crippen molar-refractivity contribution in [1.82, 2.24) is 10.2 Å². The van der Waals surface area contributed by atoms with Crippen LogP contribution in [-0.4, -0.2) is 41.9 Å². The average Bonchev–Trinajstić information content (AvgIpc) is 3.09. The summed E-state index contributed by atoms with van der Waals surface area (Å²) in [6.07, 6.45) is 3.40. The lowest BCUT2D eigenvalue weighted by Gasteiger charge is -2.39. The maximum Gasteiger partial charge on any atom is 0.311 e. The Balaban J connectivity index is 1.44. The molecule has 0 spiro atoms. The zero-order chi connectivity index (χ0) is 21.0. The van der Waals surface area contributed by atoms with E-state index in [0.29, 0.717) is 18.4 Å². The van der Waals surface area contributed by atoms with Gasteiger partial charge < -0.3 is 15.0 Å². The Bertz CT molecular complexity index is 752. The van der Waals surface area contributed by atoms with Gasteiger partial charge in [0.05, 0.1) is 5.92 Å². The molecular weight excluding hydrogens is 375 g/mol. The molecule has 29 heavy (non-hydrogen) atoms. The first-order valence-corrected chi connectivity index (χ1v) is 10.3. The van der Waals surface area contributed by atoms with E-state index < -0.39 is 17.8 Å². The smallest absolute Gasteiger partial charge is 0.311 e. The molecule has 6 nitrogen and oxygen atoms in total. The fourth-order valence-corrected chi connectivity index (χ4v) is 4.31. The van der Waals surface area contributed by atoms with Crippen LogP contribution in [-0.2, 0) is 25.7 Å². The van der Waals surface area contributed by atoms with Crippen LogP contribution in [0.4, 0.5) is 4.39 Å². The van der Waals surface area contributed by atoms with Crippen molar-refractivity contribution in [2.75, 3.05) is 13.2 Å². The van der Waals surface area contributed by atoms with E-state index in [2.05, 4.69) is 19.2 Å². The third-order valence-electron chi connectivity index (χ3n) is 6.30. The number of carbonyl (C=O) groups excluding carboxylic acids is 3. The summed E-state index contributed by atoms with van der Waals surface area (Å²) < 4.78 is 18.0. The van der Waals surface area contributed by atoms with E-state index in [-0.39, 0.29) is 37.3 Å². The third-order valence-corrected chi connectivity index (χ3v) is 6.30. The number of hydrogen-bond donors (Lipinski definition) is 1. The van der Waals surface area contributed by atoms with Crippen molar-refractivity contribution in [1.29, 1.82) is 0 Å². The summed E-state index contributed by atoms with van der Waals surface area (Å²) in [5, 5.41) is 2.63. The Morgan fingerprint density at radius 2 is 1.93 bits per heavy atom. The number of amides is 2. The van der Waals surface area contributed by atoms with Crippen LogP contribution in [0, 0.1) is 23.6 Å². The Morgan fingerprint density at radius 1 is 1.21 bits per heavy atom. The molecule has 2 aliphatic rings. The molecule has 1 saturated heterocycles. The maximum absolute atomic E-state index is 12.9. The number of halogens is 1. The largest absolute Gasteiger partial charge is 0.455 e. The summed E-state index contributed by atoms with van der Waals surface area (Å²) in [6.45, 7) is 4.61. The first-order chi connectivity index (χ1) is 13.8. The van der Waals surface area contributed by atoms with Gasteiger partial charge >= 0.3 is 5.97 Å². The summed E-state index contributed by atoms with van der Waals surface area (Å²) in [5.41, 5.74) is 0.749. The molecule has 1 saturated carbocycles. The molecular formula is C22H29FN2O4. The number of benzene rings is 1. The van der Waals surface area contributed by atoms with E-state index in [1.54, 1.807) is 12.1 Å². The van der Waals surface area contributed by atoms with Crippen molar-refractivity contribution in [2.24, 2.45) is 17.8 Å². The van der Waals surface area contributed by atoms with Crippen molar-refractivity contribution in [3.63, 3.8) is 0 Å². The second-order valence-corrected chi connectivity index (χ2v) is 8.29.